The molecule has 0 spiro atoms. The van der Waals surface area contributed by atoms with Gasteiger partial charge in [0, 0.05) is 18.0 Å². The normalized spacial score (nSPS) is 30.0. The van der Waals surface area contributed by atoms with Gasteiger partial charge in [0.1, 0.15) is 17.6 Å². The molecule has 35 heavy (non-hydrogen) atoms. The monoisotopic (exact) mass is 489 g/mol. The second-order valence-corrected chi connectivity index (χ2v) is 11.2. The van der Waals surface area contributed by atoms with E-state index in [0.29, 0.717) is 37.5 Å². The molecule has 4 atom stereocenters. The highest BCUT2D eigenvalue weighted by Crippen LogP contribution is 2.48. The van der Waals surface area contributed by atoms with Gasteiger partial charge < -0.3 is 24.3 Å². The Bertz CT molecular complexity index is 965. The maximum absolute atomic E-state index is 14.8. The molecule has 4 rings (SSSR count). The summed E-state index contributed by atoms with van der Waals surface area (Å²) in [4.78, 5) is 37.2. The first-order chi connectivity index (χ1) is 16.6. The average molecular weight is 490 g/mol. The molecule has 0 heterocycles. The number of benzene rings is 1. The lowest BCUT2D eigenvalue weighted by atomic mass is 9.85. The van der Waals surface area contributed by atoms with Crippen LogP contribution in [-0.2, 0) is 14.3 Å². The molecule has 0 aliphatic heterocycles. The van der Waals surface area contributed by atoms with Crippen molar-refractivity contribution in [3.63, 3.8) is 0 Å². The van der Waals surface area contributed by atoms with Crippen LogP contribution in [0.1, 0.15) is 76.1 Å². The predicted octanol–water partition coefficient (Wildman–Crippen LogP) is 4.46. The summed E-state index contributed by atoms with van der Waals surface area (Å²) in [5, 5.41) is 3.01. The number of ether oxygens (including phenoxy) is 3. The van der Waals surface area contributed by atoms with Gasteiger partial charge in [-0.25, -0.2) is 4.39 Å². The number of carbonyl (C=O) groups excluding carboxylic acids is 3. The minimum Gasteiger partial charge on any atom is -0.496 e. The van der Waals surface area contributed by atoms with E-state index < -0.39 is 17.3 Å². The predicted molar refractivity (Wildman–Crippen MR) is 127 cm³/mol. The summed E-state index contributed by atoms with van der Waals surface area (Å²) in [7, 11) is 1.38. The molecular weight excluding hydrogens is 453 g/mol. The molecular formula is C27H36FNO6. The van der Waals surface area contributed by atoms with E-state index in [2.05, 4.69) is 5.32 Å². The van der Waals surface area contributed by atoms with Gasteiger partial charge in [-0.2, -0.15) is 0 Å². The molecule has 8 heteroatoms. The molecule has 0 saturated heterocycles. The van der Waals surface area contributed by atoms with Gasteiger partial charge in [-0.1, -0.05) is 0 Å². The van der Waals surface area contributed by atoms with E-state index >= 15 is 0 Å². The number of amides is 1. The van der Waals surface area contributed by atoms with Crippen molar-refractivity contribution in [1.82, 2.24) is 5.32 Å². The number of halogens is 1. The molecule has 7 nitrogen and oxygen atoms in total. The smallest absolute Gasteiger partial charge is 0.309 e. The summed E-state index contributed by atoms with van der Waals surface area (Å²) in [5.41, 5.74) is -0.351. The Morgan fingerprint density at radius 3 is 2.34 bits per heavy atom. The molecule has 1 aromatic rings. The van der Waals surface area contributed by atoms with Crippen molar-refractivity contribution in [3.8, 4) is 11.5 Å². The van der Waals surface area contributed by atoms with E-state index in [-0.39, 0.29) is 47.0 Å². The third-order valence-electron chi connectivity index (χ3n) is 7.64. The van der Waals surface area contributed by atoms with Crippen LogP contribution in [0.4, 0.5) is 4.39 Å². The molecule has 3 aliphatic rings. The van der Waals surface area contributed by atoms with Gasteiger partial charge in [-0.15, -0.1) is 0 Å². The maximum atomic E-state index is 14.8. The van der Waals surface area contributed by atoms with Crippen LogP contribution < -0.4 is 14.8 Å². The Hall–Kier alpha value is -2.64. The fourth-order valence-corrected chi connectivity index (χ4v) is 5.93. The number of esters is 1. The summed E-state index contributed by atoms with van der Waals surface area (Å²) in [5.74, 6) is -0.871. The minimum absolute atomic E-state index is 0.0171. The summed E-state index contributed by atoms with van der Waals surface area (Å²) in [6.45, 7) is 5.53. The molecule has 3 fully saturated rings. The number of nitrogens with one attached hydrogen (secondary N) is 1. The van der Waals surface area contributed by atoms with E-state index in [0.717, 1.165) is 31.6 Å². The van der Waals surface area contributed by atoms with Crippen LogP contribution in [-0.4, -0.2) is 43.0 Å². The molecule has 1 N–H and O–H groups in total. The highest BCUT2D eigenvalue weighted by molar-refractivity contribution is 5.97. The first kappa shape index (κ1) is 25.5. The highest BCUT2D eigenvalue weighted by atomic mass is 19.1. The van der Waals surface area contributed by atoms with E-state index in [4.69, 9.17) is 14.2 Å². The van der Waals surface area contributed by atoms with E-state index in [1.54, 1.807) is 0 Å². The second-order valence-electron chi connectivity index (χ2n) is 11.2. The van der Waals surface area contributed by atoms with Crippen LogP contribution >= 0.6 is 0 Å². The molecule has 2 bridgehead atoms. The van der Waals surface area contributed by atoms with Gasteiger partial charge >= 0.3 is 5.97 Å². The van der Waals surface area contributed by atoms with Crippen LogP contribution in [0, 0.1) is 29.5 Å². The summed E-state index contributed by atoms with van der Waals surface area (Å²) >= 11 is 0. The van der Waals surface area contributed by atoms with Crippen LogP contribution in [0.5, 0.6) is 11.5 Å². The van der Waals surface area contributed by atoms with Crippen molar-refractivity contribution in [2.24, 2.45) is 23.7 Å². The van der Waals surface area contributed by atoms with Crippen molar-refractivity contribution in [2.75, 3.05) is 7.11 Å². The third-order valence-corrected chi connectivity index (χ3v) is 7.64. The second kappa shape index (κ2) is 10.2. The lowest BCUT2D eigenvalue weighted by Crippen LogP contribution is -2.44. The Morgan fingerprint density at radius 2 is 1.71 bits per heavy atom. The van der Waals surface area contributed by atoms with E-state index in [9.17, 15) is 18.8 Å². The van der Waals surface area contributed by atoms with Gasteiger partial charge in [0.25, 0.3) is 5.91 Å². The van der Waals surface area contributed by atoms with Gasteiger partial charge in [-0.3, -0.25) is 9.59 Å². The summed E-state index contributed by atoms with van der Waals surface area (Å²) < 4.78 is 31.5. The number of methoxy groups -OCH3 is 1. The molecule has 1 aromatic carbocycles. The Kier molecular flexibility index (Phi) is 7.38. The number of fused-ring (bicyclic) bond motifs is 2. The summed E-state index contributed by atoms with van der Waals surface area (Å²) in [6, 6.07) is 2.34. The zero-order valence-corrected chi connectivity index (χ0v) is 21.0. The number of hydrogen-bond donors (Lipinski definition) is 1. The number of carbonyl (C=O) groups is 3. The van der Waals surface area contributed by atoms with Gasteiger partial charge in [0.2, 0.25) is 0 Å². The third kappa shape index (κ3) is 5.62. The minimum atomic E-state index is -0.613. The molecule has 3 aliphatic carbocycles. The Morgan fingerprint density at radius 1 is 1.03 bits per heavy atom. The van der Waals surface area contributed by atoms with Crippen molar-refractivity contribution in [2.45, 2.75) is 83.5 Å². The number of rotatable bonds is 7. The van der Waals surface area contributed by atoms with Gasteiger partial charge in [0.05, 0.1) is 24.7 Å². The maximum Gasteiger partial charge on any atom is 0.309 e. The SMILES string of the molecule is COc1cc(F)c(OC2CCC(C(=O)OC(C)(C)C)CC2)cc1C(=O)N[C@@H]1[C@H]2CC[C@H](C2)[C@@H]1C=O. The Balaban J connectivity index is 1.42. The zero-order chi connectivity index (χ0) is 25.3. The number of hydrogen-bond acceptors (Lipinski definition) is 6. The molecule has 192 valence electrons. The van der Waals surface area contributed by atoms with E-state index in [1.165, 1.54) is 13.2 Å². The average Bonchev–Trinajstić information content (AvgIpc) is 3.41. The molecule has 0 radical (unpaired) electrons. The van der Waals surface area contributed by atoms with Crippen LogP contribution in [0.2, 0.25) is 0 Å². The summed E-state index contributed by atoms with van der Waals surface area (Å²) in [6.07, 6.45) is 6.04. The fraction of sp³-hybridized carbons (Fsp3) is 0.667. The highest BCUT2D eigenvalue weighted by Gasteiger charge is 2.48. The molecule has 0 unspecified atom stereocenters. The van der Waals surface area contributed by atoms with Crippen molar-refractivity contribution in [3.05, 3.63) is 23.5 Å². The lowest BCUT2D eigenvalue weighted by molar-refractivity contribution is -0.161. The fourth-order valence-electron chi connectivity index (χ4n) is 5.93. The van der Waals surface area contributed by atoms with Crippen molar-refractivity contribution < 1.29 is 33.0 Å². The first-order valence-electron chi connectivity index (χ1n) is 12.6. The van der Waals surface area contributed by atoms with Gasteiger partial charge in [0.15, 0.2) is 11.6 Å². The van der Waals surface area contributed by atoms with Crippen LogP contribution in [0.3, 0.4) is 0 Å². The quantitative estimate of drug-likeness (QED) is 0.449. The first-order valence-corrected chi connectivity index (χ1v) is 12.6. The Labute approximate surface area is 206 Å². The lowest BCUT2D eigenvalue weighted by Gasteiger charge is -2.30. The molecule has 3 saturated carbocycles. The largest absolute Gasteiger partial charge is 0.496 e. The van der Waals surface area contributed by atoms with Crippen LogP contribution in [0.15, 0.2) is 12.1 Å². The molecule has 0 aromatic heterocycles. The number of aldehydes is 1. The van der Waals surface area contributed by atoms with E-state index in [1.807, 2.05) is 20.8 Å². The topological polar surface area (TPSA) is 90.9 Å². The van der Waals surface area contributed by atoms with Crippen LogP contribution in [0.25, 0.3) is 0 Å². The molecule has 1 amide bonds. The zero-order valence-electron chi connectivity index (χ0n) is 21.0. The van der Waals surface area contributed by atoms with Crippen molar-refractivity contribution in [1.29, 1.82) is 0 Å². The van der Waals surface area contributed by atoms with Gasteiger partial charge in [-0.05, 0) is 83.6 Å². The van der Waals surface area contributed by atoms with Crippen molar-refractivity contribution >= 4 is 18.2 Å². The standard InChI is InChI=1S/C27H36FNO6/c1-27(2,3)35-26(32)15-7-9-18(10-8-15)34-23-12-19(22(33-4)13-21(23)28)25(31)29-24-17-6-5-16(11-17)20(24)14-30/h12-18,20,24H,5-11H2,1-4H3,(H,29,31)/t15?,16-,17+,18?,20+,24-/m1/s1.